The molecule has 0 saturated heterocycles. The molecule has 0 aliphatic heterocycles. The second-order valence-electron chi connectivity index (χ2n) is 6.60. The Balaban J connectivity index is 0.00000243. The lowest BCUT2D eigenvalue weighted by molar-refractivity contribution is 0.296. The lowest BCUT2D eigenvalue weighted by atomic mass is 10.2. The quantitative estimate of drug-likeness (QED) is 0.358. The van der Waals surface area contributed by atoms with Crippen LogP contribution in [-0.2, 0) is 6.54 Å². The van der Waals surface area contributed by atoms with E-state index in [1.807, 2.05) is 37.3 Å². The van der Waals surface area contributed by atoms with E-state index in [1.165, 1.54) is 12.8 Å². The summed E-state index contributed by atoms with van der Waals surface area (Å²) in [6, 6.07) is 12.2. The molecular weight excluding hydrogens is 441 g/mol. The summed E-state index contributed by atoms with van der Waals surface area (Å²) in [5.41, 5.74) is 1.13. The molecule has 1 heterocycles. The van der Waals surface area contributed by atoms with Crippen LogP contribution in [0.1, 0.15) is 42.9 Å². The zero-order valence-corrected chi connectivity index (χ0v) is 17.9. The largest absolute Gasteiger partial charge is 0.493 e. The van der Waals surface area contributed by atoms with Crippen molar-refractivity contribution in [3.8, 4) is 5.75 Å². The topological polar surface area (TPSA) is 58.8 Å². The van der Waals surface area contributed by atoms with E-state index in [9.17, 15) is 0 Å². The number of guanidine groups is 1. The summed E-state index contributed by atoms with van der Waals surface area (Å²) in [6.45, 7) is 5.48. The van der Waals surface area contributed by atoms with Crippen LogP contribution in [0.15, 0.2) is 45.8 Å². The van der Waals surface area contributed by atoms with Gasteiger partial charge in [-0.05, 0) is 50.8 Å². The summed E-state index contributed by atoms with van der Waals surface area (Å²) in [5.74, 6) is 4.24. The predicted molar refractivity (Wildman–Crippen MR) is 115 cm³/mol. The second kappa shape index (κ2) is 9.85. The van der Waals surface area contributed by atoms with Gasteiger partial charge in [0.2, 0.25) is 0 Å². The smallest absolute Gasteiger partial charge is 0.191 e. The van der Waals surface area contributed by atoms with Crippen LogP contribution in [0.25, 0.3) is 0 Å². The summed E-state index contributed by atoms with van der Waals surface area (Å²) in [6.07, 6.45) is 2.59. The number of furan rings is 1. The number of nitrogens with one attached hydrogen (secondary N) is 2. The first kappa shape index (κ1) is 20.6. The number of ether oxygens (including phenoxy) is 1. The van der Waals surface area contributed by atoms with Gasteiger partial charge in [0.15, 0.2) is 5.96 Å². The Morgan fingerprint density at radius 2 is 2.04 bits per heavy atom. The molecule has 1 aromatic heterocycles. The van der Waals surface area contributed by atoms with Crippen molar-refractivity contribution in [1.82, 2.24) is 10.6 Å². The molecule has 26 heavy (non-hydrogen) atoms. The highest BCUT2D eigenvalue weighted by Crippen LogP contribution is 2.30. The van der Waals surface area contributed by atoms with Crippen molar-refractivity contribution < 1.29 is 9.15 Å². The number of nitrogens with zero attached hydrogens (tertiary/aromatic N) is 1. The second-order valence-corrected chi connectivity index (χ2v) is 6.60. The van der Waals surface area contributed by atoms with Crippen LogP contribution >= 0.6 is 24.0 Å². The molecule has 1 aliphatic carbocycles. The first-order valence-corrected chi connectivity index (χ1v) is 8.90. The highest BCUT2D eigenvalue weighted by molar-refractivity contribution is 14.0. The van der Waals surface area contributed by atoms with E-state index in [0.29, 0.717) is 6.54 Å². The maximum Gasteiger partial charge on any atom is 0.191 e. The molecule has 1 aromatic carbocycles. The number of aliphatic imine (C=N–C) groups is 1. The van der Waals surface area contributed by atoms with E-state index in [2.05, 4.69) is 28.6 Å². The standard InChI is InChI=1S/C20H27N3O2.HI/c1-14-8-11-18(25-14)15(2)23-20(21-3)22-12-17-6-4-5-7-19(17)24-13-16-9-10-16;/h4-8,11,15-16H,9-10,12-13H2,1-3H3,(H2,21,22,23);1H. The van der Waals surface area contributed by atoms with Crippen LogP contribution in [0.3, 0.4) is 0 Å². The molecule has 0 amide bonds. The van der Waals surface area contributed by atoms with E-state index in [0.717, 1.165) is 41.3 Å². The summed E-state index contributed by atoms with van der Waals surface area (Å²) in [4.78, 5) is 4.30. The predicted octanol–water partition coefficient (Wildman–Crippen LogP) is 4.42. The van der Waals surface area contributed by atoms with E-state index >= 15 is 0 Å². The third-order valence-electron chi connectivity index (χ3n) is 4.36. The molecule has 2 aromatic rings. The normalized spacial score (nSPS) is 15.1. The van der Waals surface area contributed by atoms with Gasteiger partial charge in [-0.2, -0.15) is 0 Å². The minimum atomic E-state index is 0. The van der Waals surface area contributed by atoms with Crippen molar-refractivity contribution in [3.63, 3.8) is 0 Å². The zero-order chi connectivity index (χ0) is 17.6. The van der Waals surface area contributed by atoms with E-state index in [-0.39, 0.29) is 30.0 Å². The molecule has 6 heteroatoms. The van der Waals surface area contributed by atoms with Gasteiger partial charge >= 0.3 is 0 Å². The number of hydrogen-bond acceptors (Lipinski definition) is 3. The Hall–Kier alpha value is -1.70. The van der Waals surface area contributed by atoms with Gasteiger partial charge in [-0.25, -0.2) is 0 Å². The summed E-state index contributed by atoms with van der Waals surface area (Å²) in [5, 5.41) is 6.70. The van der Waals surface area contributed by atoms with E-state index < -0.39 is 0 Å². The average Bonchev–Trinajstić information content (AvgIpc) is 3.36. The SMILES string of the molecule is CN=C(NCc1ccccc1OCC1CC1)NC(C)c1ccc(C)o1.I. The van der Waals surface area contributed by atoms with Crippen molar-refractivity contribution in [2.24, 2.45) is 10.9 Å². The Bertz CT molecular complexity index is 725. The third-order valence-corrected chi connectivity index (χ3v) is 4.36. The lowest BCUT2D eigenvalue weighted by Gasteiger charge is -2.17. The van der Waals surface area contributed by atoms with Crippen LogP contribution in [0, 0.1) is 12.8 Å². The summed E-state index contributed by atoms with van der Waals surface area (Å²) < 4.78 is 11.6. The van der Waals surface area contributed by atoms with Gasteiger partial charge in [0.05, 0.1) is 12.6 Å². The highest BCUT2D eigenvalue weighted by atomic mass is 127. The molecule has 1 unspecified atom stereocenters. The van der Waals surface area contributed by atoms with Crippen molar-refractivity contribution in [3.05, 3.63) is 53.5 Å². The number of para-hydroxylation sites is 1. The molecule has 0 spiro atoms. The van der Waals surface area contributed by atoms with Crippen molar-refractivity contribution in [2.45, 2.75) is 39.3 Å². The average molecular weight is 469 g/mol. The van der Waals surface area contributed by atoms with Crippen LogP contribution < -0.4 is 15.4 Å². The van der Waals surface area contributed by atoms with Crippen LogP contribution in [0.5, 0.6) is 5.75 Å². The van der Waals surface area contributed by atoms with Gasteiger partial charge in [0.1, 0.15) is 17.3 Å². The van der Waals surface area contributed by atoms with Crippen LogP contribution in [-0.4, -0.2) is 19.6 Å². The van der Waals surface area contributed by atoms with Gasteiger partial charge < -0.3 is 19.8 Å². The van der Waals surface area contributed by atoms with Gasteiger partial charge in [-0.15, -0.1) is 24.0 Å². The van der Waals surface area contributed by atoms with Gasteiger partial charge in [0.25, 0.3) is 0 Å². The number of rotatable bonds is 7. The van der Waals surface area contributed by atoms with Crippen molar-refractivity contribution in [2.75, 3.05) is 13.7 Å². The molecule has 0 radical (unpaired) electrons. The Labute approximate surface area is 172 Å². The molecule has 1 atom stereocenters. The van der Waals surface area contributed by atoms with Gasteiger partial charge in [-0.1, -0.05) is 18.2 Å². The summed E-state index contributed by atoms with van der Waals surface area (Å²) >= 11 is 0. The third kappa shape index (κ3) is 5.93. The van der Waals surface area contributed by atoms with E-state index in [1.54, 1.807) is 7.05 Å². The van der Waals surface area contributed by atoms with Gasteiger partial charge in [-0.3, -0.25) is 4.99 Å². The lowest BCUT2D eigenvalue weighted by Crippen LogP contribution is -2.38. The molecule has 2 N–H and O–H groups in total. The fraction of sp³-hybridized carbons (Fsp3) is 0.450. The fourth-order valence-electron chi connectivity index (χ4n) is 2.62. The minimum absolute atomic E-state index is 0. The number of aryl methyl sites for hydroxylation is 1. The molecule has 142 valence electrons. The Morgan fingerprint density at radius 3 is 2.69 bits per heavy atom. The monoisotopic (exact) mass is 469 g/mol. The maximum atomic E-state index is 5.96. The van der Waals surface area contributed by atoms with Crippen LogP contribution in [0.2, 0.25) is 0 Å². The molecular formula is C20H28IN3O2. The summed E-state index contributed by atoms with van der Waals surface area (Å²) in [7, 11) is 1.77. The molecule has 1 fully saturated rings. The molecule has 1 saturated carbocycles. The number of halogens is 1. The number of benzene rings is 1. The number of hydrogen-bond donors (Lipinski definition) is 2. The first-order chi connectivity index (χ1) is 12.2. The Morgan fingerprint density at radius 1 is 1.27 bits per heavy atom. The van der Waals surface area contributed by atoms with Gasteiger partial charge in [0, 0.05) is 19.2 Å². The fourth-order valence-corrected chi connectivity index (χ4v) is 2.62. The maximum absolute atomic E-state index is 5.96. The van der Waals surface area contributed by atoms with Crippen molar-refractivity contribution in [1.29, 1.82) is 0 Å². The molecule has 5 nitrogen and oxygen atoms in total. The van der Waals surface area contributed by atoms with Crippen molar-refractivity contribution >= 4 is 29.9 Å². The highest BCUT2D eigenvalue weighted by Gasteiger charge is 2.22. The minimum Gasteiger partial charge on any atom is -0.493 e. The zero-order valence-electron chi connectivity index (χ0n) is 15.6. The first-order valence-electron chi connectivity index (χ1n) is 8.90. The van der Waals surface area contributed by atoms with E-state index in [4.69, 9.17) is 9.15 Å². The molecule has 1 aliphatic rings. The van der Waals surface area contributed by atoms with Crippen LogP contribution in [0.4, 0.5) is 0 Å². The molecule has 0 bridgehead atoms. The Kier molecular flexibility index (Phi) is 7.81. The molecule has 3 rings (SSSR count).